The molecular formula is C17H29F2N5. The predicted octanol–water partition coefficient (Wildman–Crippen LogP) is 3.69. The lowest BCUT2D eigenvalue weighted by atomic mass is 9.85. The van der Waals surface area contributed by atoms with Crippen molar-refractivity contribution in [2.75, 3.05) is 7.05 Å². The lowest BCUT2D eigenvalue weighted by Crippen LogP contribution is -2.42. The van der Waals surface area contributed by atoms with Crippen LogP contribution in [0.2, 0.25) is 0 Å². The molecule has 7 heteroatoms. The van der Waals surface area contributed by atoms with Crippen LogP contribution in [0.25, 0.3) is 0 Å². The van der Waals surface area contributed by atoms with Gasteiger partial charge >= 0.3 is 6.55 Å². The first kappa shape index (κ1) is 18.7. The average molecular weight is 341 g/mol. The van der Waals surface area contributed by atoms with E-state index < -0.39 is 6.55 Å². The van der Waals surface area contributed by atoms with Gasteiger partial charge in [0.25, 0.3) is 0 Å². The number of alkyl halides is 2. The first-order valence-electron chi connectivity index (χ1n) is 8.87. The quantitative estimate of drug-likeness (QED) is 0.587. The molecule has 1 atom stereocenters. The Morgan fingerprint density at radius 3 is 2.79 bits per heavy atom. The van der Waals surface area contributed by atoms with Crippen LogP contribution in [0.15, 0.2) is 17.4 Å². The van der Waals surface area contributed by atoms with Crippen LogP contribution in [0.1, 0.15) is 64.2 Å². The van der Waals surface area contributed by atoms with E-state index in [0.717, 1.165) is 16.9 Å². The third-order valence-corrected chi connectivity index (χ3v) is 4.71. The van der Waals surface area contributed by atoms with E-state index in [1.165, 1.54) is 50.9 Å². The molecule has 0 saturated heterocycles. The van der Waals surface area contributed by atoms with Crippen molar-refractivity contribution in [2.24, 2.45) is 10.9 Å². The zero-order valence-electron chi connectivity index (χ0n) is 14.6. The summed E-state index contributed by atoms with van der Waals surface area (Å²) in [6, 6.07) is 0.299. The normalized spacial score (nSPS) is 18.0. The zero-order chi connectivity index (χ0) is 17.4. The molecule has 0 aromatic carbocycles. The topological polar surface area (TPSA) is 54.2 Å². The van der Waals surface area contributed by atoms with Crippen LogP contribution in [0.5, 0.6) is 0 Å². The Bertz CT molecular complexity index is 509. The summed E-state index contributed by atoms with van der Waals surface area (Å²) in [5.41, 5.74) is 0. The molecule has 0 radical (unpaired) electrons. The van der Waals surface area contributed by atoms with Gasteiger partial charge in [-0.1, -0.05) is 32.1 Å². The summed E-state index contributed by atoms with van der Waals surface area (Å²) >= 11 is 0. The van der Waals surface area contributed by atoms with Gasteiger partial charge in [-0.05, 0) is 25.7 Å². The summed E-state index contributed by atoms with van der Waals surface area (Å²) < 4.78 is 26.5. The summed E-state index contributed by atoms with van der Waals surface area (Å²) in [4.78, 5) is 8.12. The number of hydrogen-bond acceptors (Lipinski definition) is 2. The summed E-state index contributed by atoms with van der Waals surface area (Å²) in [7, 11) is 1.68. The third-order valence-electron chi connectivity index (χ3n) is 4.71. The highest BCUT2D eigenvalue weighted by Gasteiger charge is 2.15. The highest BCUT2D eigenvalue weighted by Crippen LogP contribution is 2.27. The fraction of sp³-hybridized carbons (Fsp3) is 0.765. The van der Waals surface area contributed by atoms with E-state index in [9.17, 15) is 8.78 Å². The van der Waals surface area contributed by atoms with Crippen molar-refractivity contribution in [3.63, 3.8) is 0 Å². The molecule has 2 rings (SSSR count). The second-order valence-electron chi connectivity index (χ2n) is 6.58. The molecule has 1 aromatic rings. The van der Waals surface area contributed by atoms with Crippen LogP contribution in [0.4, 0.5) is 8.78 Å². The molecule has 24 heavy (non-hydrogen) atoms. The van der Waals surface area contributed by atoms with Crippen molar-refractivity contribution in [3.05, 3.63) is 18.2 Å². The van der Waals surface area contributed by atoms with Crippen molar-refractivity contribution in [3.8, 4) is 0 Å². The number of imidazole rings is 1. The van der Waals surface area contributed by atoms with Crippen molar-refractivity contribution in [2.45, 2.75) is 71.0 Å². The minimum atomic E-state index is -2.58. The van der Waals surface area contributed by atoms with E-state index in [-0.39, 0.29) is 6.54 Å². The lowest BCUT2D eigenvalue weighted by molar-refractivity contribution is 0.0668. The standard InChI is InChI=1S/C17H29F2N5/c1-13(8-9-14-6-4-3-5-7-14)23-17(20-2)22-12-15-21-10-11-24(15)16(18)19/h10-11,13-14,16H,3-9,12H2,1-2H3,(H2,20,22,23). The van der Waals surface area contributed by atoms with Crippen LogP contribution in [-0.4, -0.2) is 28.6 Å². The highest BCUT2D eigenvalue weighted by molar-refractivity contribution is 5.79. The van der Waals surface area contributed by atoms with Gasteiger partial charge in [-0.15, -0.1) is 0 Å². The smallest absolute Gasteiger partial charge is 0.319 e. The molecular weight excluding hydrogens is 312 g/mol. The maximum Gasteiger partial charge on any atom is 0.319 e. The molecule has 0 bridgehead atoms. The average Bonchev–Trinajstić information content (AvgIpc) is 3.06. The summed E-state index contributed by atoms with van der Waals surface area (Å²) in [5.74, 6) is 1.77. The maximum atomic E-state index is 12.8. The summed E-state index contributed by atoms with van der Waals surface area (Å²) in [6.07, 6.45) is 11.8. The second-order valence-corrected chi connectivity index (χ2v) is 6.58. The fourth-order valence-electron chi connectivity index (χ4n) is 3.28. The van der Waals surface area contributed by atoms with Crippen LogP contribution >= 0.6 is 0 Å². The zero-order valence-corrected chi connectivity index (χ0v) is 14.6. The molecule has 0 aliphatic heterocycles. The molecule has 1 heterocycles. The third kappa shape index (κ3) is 5.76. The van der Waals surface area contributed by atoms with Gasteiger partial charge in [0.05, 0.1) is 6.54 Å². The van der Waals surface area contributed by atoms with Gasteiger partial charge in [-0.2, -0.15) is 8.78 Å². The van der Waals surface area contributed by atoms with Crippen LogP contribution < -0.4 is 10.6 Å². The van der Waals surface area contributed by atoms with E-state index in [0.29, 0.717) is 17.8 Å². The summed E-state index contributed by atoms with van der Waals surface area (Å²) in [5, 5.41) is 6.39. The number of nitrogens with zero attached hydrogens (tertiary/aromatic N) is 3. The molecule has 1 aliphatic rings. The van der Waals surface area contributed by atoms with Gasteiger partial charge in [0.1, 0.15) is 5.82 Å². The maximum absolute atomic E-state index is 12.8. The van der Waals surface area contributed by atoms with Gasteiger partial charge < -0.3 is 10.6 Å². The lowest BCUT2D eigenvalue weighted by Gasteiger charge is -2.24. The van der Waals surface area contributed by atoms with E-state index in [1.54, 1.807) is 7.05 Å². The molecule has 2 N–H and O–H groups in total. The Morgan fingerprint density at radius 1 is 1.38 bits per heavy atom. The first-order chi connectivity index (χ1) is 11.6. The van der Waals surface area contributed by atoms with Crippen molar-refractivity contribution >= 4 is 5.96 Å². The van der Waals surface area contributed by atoms with Crippen LogP contribution in [0.3, 0.4) is 0 Å². The van der Waals surface area contributed by atoms with Gasteiger partial charge in [-0.25, -0.2) is 4.98 Å². The molecule has 5 nitrogen and oxygen atoms in total. The van der Waals surface area contributed by atoms with E-state index >= 15 is 0 Å². The Kier molecular flexibility index (Phi) is 7.46. The number of hydrogen-bond donors (Lipinski definition) is 2. The van der Waals surface area contributed by atoms with Crippen molar-refractivity contribution < 1.29 is 8.78 Å². The first-order valence-corrected chi connectivity index (χ1v) is 8.87. The molecule has 1 aliphatic carbocycles. The SMILES string of the molecule is CN=C(NCc1nccn1C(F)F)NC(C)CCC1CCCCC1. The Labute approximate surface area is 142 Å². The van der Waals surface area contributed by atoms with Gasteiger partial charge in [-0.3, -0.25) is 9.56 Å². The molecule has 136 valence electrons. The van der Waals surface area contributed by atoms with Crippen molar-refractivity contribution in [1.29, 1.82) is 0 Å². The Balaban J connectivity index is 1.73. The molecule has 0 spiro atoms. The number of nitrogens with one attached hydrogen (secondary N) is 2. The molecule has 1 fully saturated rings. The van der Waals surface area contributed by atoms with Gasteiger partial charge in [0, 0.05) is 25.5 Å². The van der Waals surface area contributed by atoms with E-state index in [2.05, 4.69) is 27.5 Å². The molecule has 1 unspecified atom stereocenters. The van der Waals surface area contributed by atoms with Crippen LogP contribution in [-0.2, 0) is 6.54 Å². The Morgan fingerprint density at radius 2 is 2.12 bits per heavy atom. The number of aliphatic imine (C=N–C) groups is 1. The number of guanidine groups is 1. The molecule has 1 saturated carbocycles. The number of aromatic nitrogens is 2. The highest BCUT2D eigenvalue weighted by atomic mass is 19.3. The predicted molar refractivity (Wildman–Crippen MR) is 92.1 cm³/mol. The minimum absolute atomic E-state index is 0.215. The largest absolute Gasteiger partial charge is 0.354 e. The molecule has 1 aromatic heterocycles. The number of rotatable bonds is 7. The van der Waals surface area contributed by atoms with Crippen LogP contribution in [0, 0.1) is 5.92 Å². The minimum Gasteiger partial charge on any atom is -0.354 e. The van der Waals surface area contributed by atoms with Gasteiger partial charge in [0.2, 0.25) is 0 Å². The Hall–Kier alpha value is -1.66. The van der Waals surface area contributed by atoms with Gasteiger partial charge in [0.15, 0.2) is 5.96 Å². The van der Waals surface area contributed by atoms with E-state index in [4.69, 9.17) is 0 Å². The van der Waals surface area contributed by atoms with Crippen molar-refractivity contribution in [1.82, 2.24) is 20.2 Å². The second kappa shape index (κ2) is 9.59. The molecule has 0 amide bonds. The fourth-order valence-corrected chi connectivity index (χ4v) is 3.28. The number of halogens is 2. The van der Waals surface area contributed by atoms with E-state index in [1.807, 2.05) is 0 Å². The monoisotopic (exact) mass is 341 g/mol. The summed E-state index contributed by atoms with van der Waals surface area (Å²) in [6.45, 7) is -0.226.